The van der Waals surface area contributed by atoms with E-state index in [1.807, 2.05) is 60.4 Å². The third kappa shape index (κ3) is 5.14. The maximum atomic E-state index is 12.4. The molecule has 1 N–H and O–H groups in total. The molecule has 0 fully saturated rings. The SMILES string of the molecule is CCN(c1ccccc1)c1nccc(C(=O)NCCCc2ccccc2)n1. The molecule has 3 rings (SSSR count). The smallest absolute Gasteiger partial charge is 0.270 e. The molecule has 3 aromatic rings. The van der Waals surface area contributed by atoms with E-state index in [9.17, 15) is 4.79 Å². The molecule has 0 unspecified atom stereocenters. The molecule has 5 heteroatoms. The molecule has 1 heterocycles. The topological polar surface area (TPSA) is 58.1 Å². The fourth-order valence-corrected chi connectivity index (χ4v) is 2.88. The molecule has 0 atom stereocenters. The maximum Gasteiger partial charge on any atom is 0.270 e. The van der Waals surface area contributed by atoms with Crippen LogP contribution in [-0.4, -0.2) is 29.0 Å². The molecule has 1 aromatic heterocycles. The molecule has 2 aromatic carbocycles. The summed E-state index contributed by atoms with van der Waals surface area (Å²) in [6, 6.07) is 21.8. The van der Waals surface area contributed by atoms with Gasteiger partial charge in [0.05, 0.1) is 0 Å². The molecule has 5 nitrogen and oxygen atoms in total. The standard InChI is InChI=1S/C22H24N4O/c1-2-26(19-13-7-4-8-14-19)22-24-17-15-20(25-22)21(27)23-16-9-12-18-10-5-3-6-11-18/h3-8,10-11,13-15,17H,2,9,12,16H2,1H3,(H,23,27). The van der Waals surface area contributed by atoms with Gasteiger partial charge in [0.25, 0.3) is 5.91 Å². The molecule has 0 saturated heterocycles. The third-order valence-electron chi connectivity index (χ3n) is 4.27. The average Bonchev–Trinajstić information content (AvgIpc) is 2.73. The van der Waals surface area contributed by atoms with Crippen LogP contribution in [0.1, 0.15) is 29.4 Å². The summed E-state index contributed by atoms with van der Waals surface area (Å²) in [5, 5.41) is 2.95. The Morgan fingerprint density at radius 3 is 2.41 bits per heavy atom. The number of amides is 1. The minimum Gasteiger partial charge on any atom is -0.351 e. The lowest BCUT2D eigenvalue weighted by atomic mass is 10.1. The van der Waals surface area contributed by atoms with Gasteiger partial charge in [0.2, 0.25) is 5.95 Å². The molecule has 0 radical (unpaired) electrons. The molecule has 0 aliphatic carbocycles. The quantitative estimate of drug-likeness (QED) is 0.617. The monoisotopic (exact) mass is 360 g/mol. The van der Waals surface area contributed by atoms with Crippen molar-refractivity contribution in [2.45, 2.75) is 19.8 Å². The largest absolute Gasteiger partial charge is 0.351 e. The Bertz CT molecular complexity index is 852. The van der Waals surface area contributed by atoms with E-state index >= 15 is 0 Å². The van der Waals surface area contributed by atoms with Crippen molar-refractivity contribution in [1.82, 2.24) is 15.3 Å². The van der Waals surface area contributed by atoms with E-state index in [1.165, 1.54) is 5.56 Å². The molecular weight excluding hydrogens is 336 g/mol. The highest BCUT2D eigenvalue weighted by molar-refractivity contribution is 5.92. The normalized spacial score (nSPS) is 10.4. The number of para-hydroxylation sites is 1. The van der Waals surface area contributed by atoms with Gasteiger partial charge in [-0.1, -0.05) is 48.5 Å². The molecule has 0 aliphatic rings. The Balaban J connectivity index is 1.60. The number of aryl methyl sites for hydroxylation is 1. The van der Waals surface area contributed by atoms with E-state index in [2.05, 4.69) is 27.4 Å². The Kier molecular flexibility index (Phi) is 6.52. The molecule has 138 valence electrons. The number of benzene rings is 2. The van der Waals surface area contributed by atoms with Gasteiger partial charge in [-0.15, -0.1) is 0 Å². The number of aromatic nitrogens is 2. The van der Waals surface area contributed by atoms with Crippen molar-refractivity contribution in [1.29, 1.82) is 0 Å². The minimum absolute atomic E-state index is 0.171. The zero-order chi connectivity index (χ0) is 18.9. The highest BCUT2D eigenvalue weighted by atomic mass is 16.1. The fraction of sp³-hybridized carbons (Fsp3) is 0.227. The summed E-state index contributed by atoms with van der Waals surface area (Å²) in [6.45, 7) is 3.36. The summed E-state index contributed by atoms with van der Waals surface area (Å²) >= 11 is 0. The van der Waals surface area contributed by atoms with Gasteiger partial charge in [0.15, 0.2) is 0 Å². The van der Waals surface area contributed by atoms with Gasteiger partial charge in [-0.2, -0.15) is 0 Å². The Labute approximate surface area is 160 Å². The maximum absolute atomic E-state index is 12.4. The summed E-state index contributed by atoms with van der Waals surface area (Å²) < 4.78 is 0. The van der Waals surface area contributed by atoms with Crippen molar-refractivity contribution in [3.05, 3.63) is 84.2 Å². The lowest BCUT2D eigenvalue weighted by Crippen LogP contribution is -2.27. The van der Waals surface area contributed by atoms with Gasteiger partial charge in [-0.3, -0.25) is 4.79 Å². The van der Waals surface area contributed by atoms with Gasteiger partial charge < -0.3 is 10.2 Å². The van der Waals surface area contributed by atoms with Gasteiger partial charge >= 0.3 is 0 Å². The van der Waals surface area contributed by atoms with Crippen LogP contribution in [0, 0.1) is 0 Å². The average molecular weight is 360 g/mol. The number of hydrogen-bond donors (Lipinski definition) is 1. The zero-order valence-corrected chi connectivity index (χ0v) is 15.5. The van der Waals surface area contributed by atoms with E-state index in [4.69, 9.17) is 0 Å². The van der Waals surface area contributed by atoms with Crippen LogP contribution < -0.4 is 10.2 Å². The van der Waals surface area contributed by atoms with Crippen molar-refractivity contribution < 1.29 is 4.79 Å². The van der Waals surface area contributed by atoms with Crippen LogP contribution in [0.15, 0.2) is 72.9 Å². The number of nitrogens with one attached hydrogen (secondary N) is 1. The minimum atomic E-state index is -0.171. The van der Waals surface area contributed by atoms with Crippen LogP contribution in [0.5, 0.6) is 0 Å². The van der Waals surface area contributed by atoms with Crippen LogP contribution >= 0.6 is 0 Å². The summed E-state index contributed by atoms with van der Waals surface area (Å²) in [6.07, 6.45) is 3.46. The van der Waals surface area contributed by atoms with Crippen LogP contribution in [0.25, 0.3) is 0 Å². The zero-order valence-electron chi connectivity index (χ0n) is 15.5. The number of carbonyl (C=O) groups excluding carboxylic acids is 1. The summed E-state index contributed by atoms with van der Waals surface area (Å²) in [4.78, 5) is 23.2. The first kappa shape index (κ1) is 18.6. The number of carbonyl (C=O) groups is 1. The molecule has 0 saturated carbocycles. The predicted molar refractivity (Wildman–Crippen MR) is 108 cm³/mol. The van der Waals surface area contributed by atoms with Crippen LogP contribution in [0.2, 0.25) is 0 Å². The van der Waals surface area contributed by atoms with Crippen LogP contribution in [-0.2, 0) is 6.42 Å². The molecule has 0 aliphatic heterocycles. The first-order chi connectivity index (χ1) is 13.3. The Hall–Kier alpha value is -3.21. The summed E-state index contributed by atoms with van der Waals surface area (Å²) in [7, 11) is 0. The number of anilines is 2. The fourth-order valence-electron chi connectivity index (χ4n) is 2.88. The second kappa shape index (κ2) is 9.48. The molecule has 27 heavy (non-hydrogen) atoms. The molecule has 1 amide bonds. The van der Waals surface area contributed by atoms with E-state index in [0.717, 1.165) is 18.5 Å². The molecular formula is C22H24N4O. The van der Waals surface area contributed by atoms with Gasteiger partial charge in [-0.05, 0) is 43.5 Å². The van der Waals surface area contributed by atoms with E-state index in [1.54, 1.807) is 12.3 Å². The Morgan fingerprint density at radius 1 is 1.00 bits per heavy atom. The third-order valence-corrected chi connectivity index (χ3v) is 4.27. The predicted octanol–water partition coefficient (Wildman–Crippen LogP) is 4.00. The summed E-state index contributed by atoms with van der Waals surface area (Å²) in [5.74, 6) is 0.358. The Morgan fingerprint density at radius 2 is 1.70 bits per heavy atom. The van der Waals surface area contributed by atoms with Crippen molar-refractivity contribution >= 4 is 17.5 Å². The van der Waals surface area contributed by atoms with Crippen molar-refractivity contribution in [3.8, 4) is 0 Å². The van der Waals surface area contributed by atoms with Gasteiger partial charge in [0, 0.05) is 25.0 Å². The van der Waals surface area contributed by atoms with Crippen LogP contribution in [0.3, 0.4) is 0 Å². The lowest BCUT2D eigenvalue weighted by molar-refractivity contribution is 0.0948. The molecule has 0 spiro atoms. The number of rotatable bonds is 8. The number of hydrogen-bond acceptors (Lipinski definition) is 4. The second-order valence-corrected chi connectivity index (χ2v) is 6.17. The van der Waals surface area contributed by atoms with E-state index in [0.29, 0.717) is 24.7 Å². The summed E-state index contributed by atoms with van der Waals surface area (Å²) in [5.41, 5.74) is 2.66. The highest BCUT2D eigenvalue weighted by Gasteiger charge is 2.13. The highest BCUT2D eigenvalue weighted by Crippen LogP contribution is 2.20. The van der Waals surface area contributed by atoms with Crippen LogP contribution in [0.4, 0.5) is 11.6 Å². The van der Waals surface area contributed by atoms with Gasteiger partial charge in [-0.25, -0.2) is 9.97 Å². The van der Waals surface area contributed by atoms with E-state index in [-0.39, 0.29) is 5.91 Å². The second-order valence-electron chi connectivity index (χ2n) is 6.17. The first-order valence-electron chi connectivity index (χ1n) is 9.25. The number of nitrogens with zero attached hydrogens (tertiary/aromatic N) is 3. The first-order valence-corrected chi connectivity index (χ1v) is 9.25. The molecule has 0 bridgehead atoms. The van der Waals surface area contributed by atoms with Gasteiger partial charge in [0.1, 0.15) is 5.69 Å². The lowest BCUT2D eigenvalue weighted by Gasteiger charge is -2.21. The van der Waals surface area contributed by atoms with Crippen molar-refractivity contribution in [2.75, 3.05) is 18.0 Å². The van der Waals surface area contributed by atoms with Crippen molar-refractivity contribution in [3.63, 3.8) is 0 Å². The van der Waals surface area contributed by atoms with Crippen molar-refractivity contribution in [2.24, 2.45) is 0 Å². The van der Waals surface area contributed by atoms with E-state index < -0.39 is 0 Å².